The van der Waals surface area contributed by atoms with E-state index < -0.39 is 6.10 Å². The quantitative estimate of drug-likeness (QED) is 0.568. The van der Waals surface area contributed by atoms with Gasteiger partial charge >= 0.3 is 0 Å². The Morgan fingerprint density at radius 2 is 2.08 bits per heavy atom. The second kappa shape index (κ2) is 8.68. The van der Waals surface area contributed by atoms with Crippen molar-refractivity contribution in [2.24, 2.45) is 0 Å². The molecule has 0 unspecified atom stereocenters. The van der Waals surface area contributed by atoms with Crippen LogP contribution in [-0.2, 0) is 12.8 Å². The Hall–Kier alpha value is -2.58. The van der Waals surface area contributed by atoms with E-state index in [4.69, 9.17) is 15.2 Å². The number of anilines is 2. The van der Waals surface area contributed by atoms with Crippen molar-refractivity contribution in [3.05, 3.63) is 35.5 Å². The molecule has 26 heavy (non-hydrogen) atoms. The molecule has 0 saturated heterocycles. The van der Waals surface area contributed by atoms with Gasteiger partial charge in [-0.2, -0.15) is 4.98 Å². The van der Waals surface area contributed by atoms with Crippen LogP contribution in [0, 0.1) is 0 Å². The maximum absolute atomic E-state index is 10.2. The molecule has 0 bridgehead atoms. The Bertz CT molecular complexity index is 741. The summed E-state index contributed by atoms with van der Waals surface area (Å²) in [5.74, 6) is 2.30. The molecule has 0 radical (unpaired) electrons. The highest BCUT2D eigenvalue weighted by Gasteiger charge is 2.16. The van der Waals surface area contributed by atoms with Gasteiger partial charge in [0.1, 0.15) is 30.0 Å². The highest BCUT2D eigenvalue weighted by molar-refractivity contribution is 5.50. The van der Waals surface area contributed by atoms with Gasteiger partial charge in [-0.25, -0.2) is 4.98 Å². The van der Waals surface area contributed by atoms with Gasteiger partial charge in [-0.05, 0) is 25.1 Å². The molecule has 8 nitrogen and oxygen atoms in total. The smallest absolute Gasteiger partial charge is 0.222 e. The number of aliphatic hydroxyl groups is 1. The zero-order chi connectivity index (χ0) is 18.4. The molecule has 1 aliphatic rings. The van der Waals surface area contributed by atoms with Gasteiger partial charge in [0.05, 0.1) is 12.8 Å². The van der Waals surface area contributed by atoms with Gasteiger partial charge in [0.25, 0.3) is 0 Å². The van der Waals surface area contributed by atoms with Crippen LogP contribution >= 0.6 is 0 Å². The number of hydrogen-bond donors (Lipinski definition) is 4. The summed E-state index contributed by atoms with van der Waals surface area (Å²) in [6, 6.07) is 7.27. The van der Waals surface area contributed by atoms with E-state index >= 15 is 0 Å². The van der Waals surface area contributed by atoms with E-state index in [0.717, 1.165) is 37.2 Å². The lowest BCUT2D eigenvalue weighted by Crippen LogP contribution is -2.27. The molecule has 0 saturated carbocycles. The first-order chi connectivity index (χ1) is 12.7. The maximum atomic E-state index is 10.2. The van der Waals surface area contributed by atoms with Gasteiger partial charge in [-0.1, -0.05) is 6.07 Å². The van der Waals surface area contributed by atoms with Crippen LogP contribution < -0.4 is 25.8 Å². The number of hydrogen-bond acceptors (Lipinski definition) is 8. The second-order valence-corrected chi connectivity index (χ2v) is 6.13. The predicted molar refractivity (Wildman–Crippen MR) is 99.7 cm³/mol. The SMILES string of the molecule is COc1cccc(OC[C@H](O)CNc2nc(N)nc3c2CCNCC3)c1. The number of nitrogens with zero attached hydrogens (tertiary/aromatic N) is 2. The Kier molecular flexibility index (Phi) is 6.08. The van der Waals surface area contributed by atoms with Crippen LogP contribution in [0.5, 0.6) is 11.5 Å². The van der Waals surface area contributed by atoms with E-state index in [1.54, 1.807) is 13.2 Å². The number of nitrogens with two attached hydrogens (primary N) is 1. The first-order valence-corrected chi connectivity index (χ1v) is 8.70. The largest absolute Gasteiger partial charge is 0.497 e. The topological polar surface area (TPSA) is 115 Å². The molecule has 1 aromatic heterocycles. The molecule has 5 N–H and O–H groups in total. The summed E-state index contributed by atoms with van der Waals surface area (Å²) in [5, 5.41) is 16.7. The van der Waals surface area contributed by atoms with Crippen molar-refractivity contribution < 1.29 is 14.6 Å². The number of aliphatic hydroxyl groups excluding tert-OH is 1. The molecule has 140 valence electrons. The molecule has 0 aliphatic carbocycles. The monoisotopic (exact) mass is 359 g/mol. The molecule has 2 heterocycles. The number of fused-ring (bicyclic) bond motifs is 1. The lowest BCUT2D eigenvalue weighted by molar-refractivity contribution is 0.117. The first kappa shape index (κ1) is 18.2. The van der Waals surface area contributed by atoms with E-state index in [0.29, 0.717) is 23.9 Å². The molecule has 0 fully saturated rings. The normalized spacial score (nSPS) is 14.8. The minimum Gasteiger partial charge on any atom is -0.497 e. The Morgan fingerprint density at radius 1 is 1.27 bits per heavy atom. The molecular weight excluding hydrogens is 334 g/mol. The molecule has 1 aromatic carbocycles. The second-order valence-electron chi connectivity index (χ2n) is 6.13. The molecule has 3 rings (SSSR count). The van der Waals surface area contributed by atoms with Gasteiger partial charge in [0.15, 0.2) is 0 Å². The van der Waals surface area contributed by atoms with Crippen LogP contribution in [0.3, 0.4) is 0 Å². The number of ether oxygens (including phenoxy) is 2. The lowest BCUT2D eigenvalue weighted by atomic mass is 10.1. The van der Waals surface area contributed by atoms with Gasteiger partial charge in [0, 0.05) is 31.1 Å². The third kappa shape index (κ3) is 4.74. The fourth-order valence-electron chi connectivity index (χ4n) is 2.87. The summed E-state index contributed by atoms with van der Waals surface area (Å²) in [5.41, 5.74) is 7.85. The summed E-state index contributed by atoms with van der Waals surface area (Å²) in [4.78, 5) is 8.64. The van der Waals surface area contributed by atoms with Crippen LogP contribution in [0.25, 0.3) is 0 Å². The maximum Gasteiger partial charge on any atom is 0.222 e. The van der Waals surface area contributed by atoms with Crippen molar-refractivity contribution in [1.29, 1.82) is 0 Å². The van der Waals surface area contributed by atoms with Crippen molar-refractivity contribution in [3.63, 3.8) is 0 Å². The fourth-order valence-corrected chi connectivity index (χ4v) is 2.87. The lowest BCUT2D eigenvalue weighted by Gasteiger charge is -2.17. The number of aromatic nitrogens is 2. The molecule has 8 heteroatoms. The number of rotatable bonds is 7. The van der Waals surface area contributed by atoms with Crippen molar-refractivity contribution in [2.75, 3.05) is 44.4 Å². The average molecular weight is 359 g/mol. The summed E-state index contributed by atoms with van der Waals surface area (Å²) in [7, 11) is 1.60. The average Bonchev–Trinajstić information content (AvgIpc) is 2.90. The van der Waals surface area contributed by atoms with Crippen LogP contribution in [0.15, 0.2) is 24.3 Å². The minimum atomic E-state index is -0.697. The highest BCUT2D eigenvalue weighted by atomic mass is 16.5. The molecule has 1 atom stereocenters. The Morgan fingerprint density at radius 3 is 2.92 bits per heavy atom. The highest BCUT2D eigenvalue weighted by Crippen LogP contribution is 2.21. The van der Waals surface area contributed by atoms with Gasteiger partial charge in [-0.3, -0.25) is 0 Å². The van der Waals surface area contributed by atoms with Gasteiger partial charge < -0.3 is 30.9 Å². The Labute approximate surface area is 152 Å². The third-order valence-electron chi connectivity index (χ3n) is 4.19. The van der Waals surface area contributed by atoms with E-state index in [-0.39, 0.29) is 12.6 Å². The fraction of sp³-hybridized carbons (Fsp3) is 0.444. The number of benzene rings is 1. The van der Waals surface area contributed by atoms with E-state index in [2.05, 4.69) is 20.6 Å². The number of nitrogens with one attached hydrogen (secondary N) is 2. The standard InChI is InChI=1S/C18H25N5O3/c1-25-13-3-2-4-14(9-13)26-11-12(24)10-21-17-15-5-7-20-8-6-16(15)22-18(19)23-17/h2-4,9,12,20,24H,5-8,10-11H2,1H3,(H3,19,21,22,23)/t12-/m1/s1. The number of nitrogen functional groups attached to an aromatic ring is 1. The van der Waals surface area contributed by atoms with E-state index in [9.17, 15) is 5.11 Å². The van der Waals surface area contributed by atoms with Crippen LogP contribution in [0.2, 0.25) is 0 Å². The zero-order valence-electron chi connectivity index (χ0n) is 14.9. The van der Waals surface area contributed by atoms with E-state index in [1.165, 1.54) is 0 Å². The zero-order valence-corrected chi connectivity index (χ0v) is 14.9. The molecule has 1 aliphatic heterocycles. The molecule has 0 amide bonds. The van der Waals surface area contributed by atoms with Crippen LogP contribution in [-0.4, -0.2) is 54.5 Å². The minimum absolute atomic E-state index is 0.157. The number of methoxy groups -OCH3 is 1. The van der Waals surface area contributed by atoms with Crippen molar-refractivity contribution in [3.8, 4) is 11.5 Å². The van der Waals surface area contributed by atoms with Crippen molar-refractivity contribution in [2.45, 2.75) is 18.9 Å². The predicted octanol–water partition coefficient (Wildman–Crippen LogP) is 0.607. The molecule has 2 aromatic rings. The van der Waals surface area contributed by atoms with Gasteiger partial charge in [-0.15, -0.1) is 0 Å². The first-order valence-electron chi connectivity index (χ1n) is 8.70. The summed E-state index contributed by atoms with van der Waals surface area (Å²) in [6.45, 7) is 2.21. The summed E-state index contributed by atoms with van der Waals surface area (Å²) < 4.78 is 10.8. The summed E-state index contributed by atoms with van der Waals surface area (Å²) >= 11 is 0. The molecular formula is C18H25N5O3. The van der Waals surface area contributed by atoms with Crippen molar-refractivity contribution >= 4 is 11.8 Å². The van der Waals surface area contributed by atoms with Crippen LogP contribution in [0.4, 0.5) is 11.8 Å². The Balaban J connectivity index is 1.57. The van der Waals surface area contributed by atoms with Crippen molar-refractivity contribution in [1.82, 2.24) is 15.3 Å². The molecule has 0 spiro atoms. The summed E-state index contributed by atoms with van der Waals surface area (Å²) in [6.07, 6.45) is 0.948. The third-order valence-corrected chi connectivity index (χ3v) is 4.19. The van der Waals surface area contributed by atoms with E-state index in [1.807, 2.05) is 18.2 Å². The van der Waals surface area contributed by atoms with Crippen LogP contribution in [0.1, 0.15) is 11.3 Å². The van der Waals surface area contributed by atoms with Gasteiger partial charge in [0.2, 0.25) is 5.95 Å².